The molecular weight excluding hydrogens is 368 g/mol. The molecule has 0 saturated heterocycles. The number of aromatic nitrogens is 1. The van der Waals surface area contributed by atoms with Crippen LogP contribution in [-0.2, 0) is 22.9 Å². The summed E-state index contributed by atoms with van der Waals surface area (Å²) < 4.78 is 28.9. The van der Waals surface area contributed by atoms with Crippen molar-refractivity contribution in [3.8, 4) is 0 Å². The Morgan fingerprint density at radius 2 is 1.71 bits per heavy atom. The second-order valence-electron chi connectivity index (χ2n) is 8.30. The first kappa shape index (κ1) is 19.2. The predicted molar refractivity (Wildman–Crippen MR) is 115 cm³/mol. The van der Waals surface area contributed by atoms with E-state index in [9.17, 15) is 8.42 Å². The van der Waals surface area contributed by atoms with Gasteiger partial charge in [0, 0.05) is 17.1 Å². The molecular formula is C23H28N2O2S. The number of nitrogens with zero attached hydrogens (tertiary/aromatic N) is 2. The first-order valence-electron chi connectivity index (χ1n) is 9.94. The zero-order valence-electron chi connectivity index (χ0n) is 17.0. The molecule has 0 aliphatic heterocycles. The molecule has 1 aromatic heterocycles. The van der Waals surface area contributed by atoms with Crippen molar-refractivity contribution >= 4 is 20.9 Å². The standard InChI is InChI=1S/C23H28N2O2S/c1-16(2)17-9-12-19(13-10-17)28(26,27)25-22-8-6-5-7-20(22)21-15-18(24(3)4)11-14-23(21)25/h5-10,12-13,16,18H,11,14-15H2,1-4H3. The average Bonchev–Trinajstić information content (AvgIpc) is 3.02. The largest absolute Gasteiger partial charge is 0.306 e. The Kier molecular flexibility index (Phi) is 4.84. The van der Waals surface area contributed by atoms with Crippen molar-refractivity contribution in [3.05, 3.63) is 65.4 Å². The molecule has 4 rings (SSSR count). The average molecular weight is 397 g/mol. The smallest absolute Gasteiger partial charge is 0.268 e. The molecule has 0 spiro atoms. The fourth-order valence-corrected chi connectivity index (χ4v) is 5.90. The molecule has 0 saturated carbocycles. The lowest BCUT2D eigenvalue weighted by atomic mass is 9.91. The van der Waals surface area contributed by atoms with Gasteiger partial charge in [-0.3, -0.25) is 0 Å². The van der Waals surface area contributed by atoms with E-state index in [2.05, 4.69) is 38.9 Å². The molecule has 2 aromatic carbocycles. The summed E-state index contributed by atoms with van der Waals surface area (Å²) in [7, 11) is 0.557. The first-order chi connectivity index (χ1) is 13.3. The van der Waals surface area contributed by atoms with E-state index in [-0.39, 0.29) is 0 Å². The van der Waals surface area contributed by atoms with Gasteiger partial charge >= 0.3 is 0 Å². The van der Waals surface area contributed by atoms with Crippen molar-refractivity contribution in [2.75, 3.05) is 14.1 Å². The number of para-hydroxylation sites is 1. The summed E-state index contributed by atoms with van der Waals surface area (Å²) in [6.07, 6.45) is 2.63. The minimum absolute atomic E-state index is 0.357. The fraction of sp³-hybridized carbons (Fsp3) is 0.391. The molecule has 148 valence electrons. The van der Waals surface area contributed by atoms with Crippen LogP contribution in [0.1, 0.15) is 43.0 Å². The Morgan fingerprint density at radius 1 is 1.04 bits per heavy atom. The summed E-state index contributed by atoms with van der Waals surface area (Å²) in [5.74, 6) is 0.375. The van der Waals surface area contributed by atoms with E-state index in [0.717, 1.165) is 41.4 Å². The van der Waals surface area contributed by atoms with Gasteiger partial charge in [0.15, 0.2) is 0 Å². The lowest BCUT2D eigenvalue weighted by Crippen LogP contribution is -2.34. The molecule has 1 aliphatic rings. The Hall–Kier alpha value is -2.11. The third kappa shape index (κ3) is 3.07. The molecule has 0 amide bonds. The Labute approximate surface area is 167 Å². The zero-order valence-corrected chi connectivity index (χ0v) is 17.8. The number of hydrogen-bond acceptors (Lipinski definition) is 3. The number of hydrogen-bond donors (Lipinski definition) is 0. The normalized spacial score (nSPS) is 17.4. The number of rotatable bonds is 4. The molecule has 0 N–H and O–H groups in total. The van der Waals surface area contributed by atoms with Crippen LogP contribution in [0.15, 0.2) is 53.4 Å². The summed E-state index contributed by atoms with van der Waals surface area (Å²) >= 11 is 0. The molecule has 1 aliphatic carbocycles. The van der Waals surface area contributed by atoms with E-state index < -0.39 is 10.0 Å². The summed E-state index contributed by atoms with van der Waals surface area (Å²) in [5.41, 5.74) is 4.07. The van der Waals surface area contributed by atoms with E-state index in [1.807, 2.05) is 30.3 Å². The second kappa shape index (κ2) is 7.05. The summed E-state index contributed by atoms with van der Waals surface area (Å²) in [6, 6.07) is 15.7. The van der Waals surface area contributed by atoms with Crippen LogP contribution in [0.5, 0.6) is 0 Å². The van der Waals surface area contributed by atoms with Crippen molar-refractivity contribution in [1.82, 2.24) is 8.87 Å². The molecule has 1 heterocycles. The van der Waals surface area contributed by atoms with Crippen LogP contribution >= 0.6 is 0 Å². The Bertz CT molecular complexity index is 1110. The molecule has 0 bridgehead atoms. The van der Waals surface area contributed by atoms with Gasteiger partial charge in [-0.2, -0.15) is 0 Å². The highest BCUT2D eigenvalue weighted by Gasteiger charge is 2.31. The maximum absolute atomic E-state index is 13.6. The lowest BCUT2D eigenvalue weighted by molar-refractivity contribution is 0.267. The maximum atomic E-state index is 13.6. The van der Waals surface area contributed by atoms with E-state index in [4.69, 9.17) is 0 Å². The molecule has 0 fully saturated rings. The molecule has 1 unspecified atom stereocenters. The number of fused-ring (bicyclic) bond motifs is 3. The third-order valence-corrected chi connectivity index (χ3v) is 7.78. The van der Waals surface area contributed by atoms with Crippen LogP contribution < -0.4 is 0 Å². The molecule has 3 aromatic rings. The van der Waals surface area contributed by atoms with Crippen LogP contribution in [-0.4, -0.2) is 37.4 Å². The zero-order chi connectivity index (χ0) is 20.1. The van der Waals surface area contributed by atoms with Gasteiger partial charge in [0.25, 0.3) is 10.0 Å². The van der Waals surface area contributed by atoms with E-state index in [1.54, 1.807) is 16.1 Å². The highest BCUT2D eigenvalue weighted by molar-refractivity contribution is 7.90. The maximum Gasteiger partial charge on any atom is 0.268 e. The van der Waals surface area contributed by atoms with Gasteiger partial charge in [-0.15, -0.1) is 0 Å². The quantitative estimate of drug-likeness (QED) is 0.656. The van der Waals surface area contributed by atoms with E-state index in [1.165, 1.54) is 5.56 Å². The van der Waals surface area contributed by atoms with Crippen LogP contribution in [0.4, 0.5) is 0 Å². The third-order valence-electron chi connectivity index (χ3n) is 6.01. The van der Waals surface area contributed by atoms with Gasteiger partial charge in [-0.05, 0) is 68.6 Å². The van der Waals surface area contributed by atoms with Gasteiger partial charge in [0.2, 0.25) is 0 Å². The van der Waals surface area contributed by atoms with Gasteiger partial charge in [0.1, 0.15) is 0 Å². The molecule has 5 heteroatoms. The Morgan fingerprint density at radius 3 is 2.36 bits per heavy atom. The van der Waals surface area contributed by atoms with Gasteiger partial charge in [-0.25, -0.2) is 12.4 Å². The topological polar surface area (TPSA) is 42.3 Å². The minimum atomic E-state index is -3.64. The Balaban J connectivity index is 1.89. The van der Waals surface area contributed by atoms with Gasteiger partial charge in [0.05, 0.1) is 10.4 Å². The van der Waals surface area contributed by atoms with Crippen LogP contribution in [0.25, 0.3) is 10.9 Å². The highest BCUT2D eigenvalue weighted by Crippen LogP contribution is 2.36. The first-order valence-corrected chi connectivity index (χ1v) is 11.4. The molecule has 28 heavy (non-hydrogen) atoms. The summed E-state index contributed by atoms with van der Waals surface area (Å²) in [5, 5.41) is 1.06. The minimum Gasteiger partial charge on any atom is -0.306 e. The fourth-order valence-electron chi connectivity index (χ4n) is 4.30. The highest BCUT2D eigenvalue weighted by atomic mass is 32.2. The van der Waals surface area contributed by atoms with Gasteiger partial charge in [-0.1, -0.05) is 44.2 Å². The SMILES string of the molecule is CC(C)c1ccc(S(=O)(=O)n2c3c(c4ccccc42)CC(N(C)C)CC3)cc1. The molecule has 4 nitrogen and oxygen atoms in total. The van der Waals surface area contributed by atoms with Crippen molar-refractivity contribution in [1.29, 1.82) is 0 Å². The summed E-state index contributed by atoms with van der Waals surface area (Å²) in [6.45, 7) is 4.22. The molecule has 1 atom stereocenters. The van der Waals surface area contributed by atoms with Crippen LogP contribution in [0, 0.1) is 0 Å². The van der Waals surface area contributed by atoms with Crippen molar-refractivity contribution in [3.63, 3.8) is 0 Å². The van der Waals surface area contributed by atoms with Crippen molar-refractivity contribution in [2.45, 2.75) is 50.0 Å². The van der Waals surface area contributed by atoms with Crippen molar-refractivity contribution in [2.24, 2.45) is 0 Å². The number of benzene rings is 2. The van der Waals surface area contributed by atoms with Crippen LogP contribution in [0.2, 0.25) is 0 Å². The van der Waals surface area contributed by atoms with Crippen molar-refractivity contribution < 1.29 is 8.42 Å². The monoisotopic (exact) mass is 396 g/mol. The second-order valence-corrected chi connectivity index (χ2v) is 10.1. The molecule has 0 radical (unpaired) electrons. The predicted octanol–water partition coefficient (Wildman–Crippen LogP) is 4.42. The van der Waals surface area contributed by atoms with Gasteiger partial charge < -0.3 is 4.90 Å². The van der Waals surface area contributed by atoms with E-state index >= 15 is 0 Å². The van der Waals surface area contributed by atoms with Crippen LogP contribution in [0.3, 0.4) is 0 Å². The number of likely N-dealkylation sites (N-methyl/N-ethyl adjacent to an activating group) is 1. The lowest BCUT2D eigenvalue weighted by Gasteiger charge is -2.29. The van der Waals surface area contributed by atoms with E-state index in [0.29, 0.717) is 16.9 Å². The summed E-state index contributed by atoms with van der Waals surface area (Å²) in [4.78, 5) is 2.60.